The maximum atomic E-state index is 11.9. The Morgan fingerprint density at radius 3 is 2.95 bits per heavy atom. The van der Waals surface area contributed by atoms with Gasteiger partial charge in [0.15, 0.2) is 5.13 Å². The number of aromatic nitrogens is 1. The molecule has 2 bridgehead atoms. The predicted molar refractivity (Wildman–Crippen MR) is 79.8 cm³/mol. The predicted octanol–water partition coefficient (Wildman–Crippen LogP) is 2.97. The quantitative estimate of drug-likeness (QED) is 0.849. The van der Waals surface area contributed by atoms with Gasteiger partial charge < -0.3 is 10.1 Å². The van der Waals surface area contributed by atoms with E-state index in [1.807, 2.05) is 0 Å². The van der Waals surface area contributed by atoms with Gasteiger partial charge in [-0.15, -0.1) is 11.3 Å². The summed E-state index contributed by atoms with van der Waals surface area (Å²) in [6, 6.07) is 0. The van der Waals surface area contributed by atoms with E-state index in [4.69, 9.17) is 4.74 Å². The topological polar surface area (TPSA) is 68.3 Å². The number of rotatable bonds is 5. The smallest absolute Gasteiger partial charge is 0.306 e. The molecular formula is C15H20N2O3S. The third-order valence-corrected chi connectivity index (χ3v) is 5.34. The monoisotopic (exact) mass is 308 g/mol. The number of esters is 1. The second kappa shape index (κ2) is 6.13. The van der Waals surface area contributed by atoms with Gasteiger partial charge in [0.05, 0.1) is 5.69 Å². The number of fused-ring (bicyclic) bond motifs is 2. The van der Waals surface area contributed by atoms with Crippen LogP contribution in [0.3, 0.4) is 0 Å². The average Bonchev–Trinajstić information content (AvgIpc) is 3.12. The van der Waals surface area contributed by atoms with Crippen molar-refractivity contribution in [1.82, 2.24) is 4.98 Å². The summed E-state index contributed by atoms with van der Waals surface area (Å²) in [5, 5.41) is 4.96. The molecule has 1 N–H and O–H groups in total. The summed E-state index contributed by atoms with van der Waals surface area (Å²) < 4.78 is 5.31. The van der Waals surface area contributed by atoms with E-state index in [2.05, 4.69) is 10.3 Å². The maximum absolute atomic E-state index is 11.9. The van der Waals surface area contributed by atoms with Crippen molar-refractivity contribution in [1.29, 1.82) is 0 Å². The van der Waals surface area contributed by atoms with E-state index < -0.39 is 0 Å². The summed E-state index contributed by atoms with van der Waals surface area (Å²) in [6.07, 6.45) is 5.69. The second-order valence-electron chi connectivity index (χ2n) is 6.12. The highest BCUT2D eigenvalue weighted by Crippen LogP contribution is 2.49. The van der Waals surface area contributed by atoms with Crippen molar-refractivity contribution < 1.29 is 14.3 Å². The molecule has 0 radical (unpaired) electrons. The number of thiazole rings is 1. The highest BCUT2D eigenvalue weighted by atomic mass is 32.1. The molecule has 1 aromatic heterocycles. The first kappa shape index (κ1) is 14.5. The SMILES string of the molecule is CC(=O)Nc1nc(COC(=O)CC2CC3CCC2C3)cs1. The number of hydrogen-bond donors (Lipinski definition) is 1. The van der Waals surface area contributed by atoms with Gasteiger partial charge in [0, 0.05) is 18.7 Å². The van der Waals surface area contributed by atoms with Crippen LogP contribution in [0.5, 0.6) is 0 Å². The zero-order chi connectivity index (χ0) is 14.8. The number of ether oxygens (including phenoxy) is 1. The maximum Gasteiger partial charge on any atom is 0.306 e. The van der Waals surface area contributed by atoms with E-state index in [1.165, 1.54) is 43.9 Å². The Morgan fingerprint density at radius 1 is 1.43 bits per heavy atom. The van der Waals surface area contributed by atoms with Crippen molar-refractivity contribution >= 4 is 28.3 Å². The molecule has 0 saturated heterocycles. The molecule has 1 heterocycles. The minimum absolute atomic E-state index is 0.123. The highest BCUT2D eigenvalue weighted by molar-refractivity contribution is 7.13. The minimum Gasteiger partial charge on any atom is -0.459 e. The van der Waals surface area contributed by atoms with Gasteiger partial charge in [-0.3, -0.25) is 9.59 Å². The standard InChI is InChI=1S/C15H20N2O3S/c1-9(18)16-15-17-13(8-21-15)7-20-14(19)6-12-5-10-2-3-11(12)4-10/h8,10-12H,2-7H2,1H3,(H,16,17,18). The molecule has 3 rings (SSSR count). The number of carbonyl (C=O) groups excluding carboxylic acids is 2. The fraction of sp³-hybridized carbons (Fsp3) is 0.667. The fourth-order valence-corrected chi connectivity index (χ4v) is 4.38. The van der Waals surface area contributed by atoms with Crippen LogP contribution in [0.25, 0.3) is 0 Å². The molecule has 3 unspecified atom stereocenters. The van der Waals surface area contributed by atoms with Crippen LogP contribution in [0.1, 0.15) is 44.7 Å². The fourth-order valence-electron chi connectivity index (χ4n) is 3.64. The van der Waals surface area contributed by atoms with Crippen LogP contribution in [-0.2, 0) is 20.9 Å². The summed E-state index contributed by atoms with van der Waals surface area (Å²) in [5.74, 6) is 1.85. The number of anilines is 1. The van der Waals surface area contributed by atoms with Gasteiger partial charge in [-0.1, -0.05) is 6.42 Å². The minimum atomic E-state index is -0.149. The Hall–Kier alpha value is -1.43. The lowest BCUT2D eigenvalue weighted by molar-refractivity contribution is -0.146. The number of amides is 1. The largest absolute Gasteiger partial charge is 0.459 e. The van der Waals surface area contributed by atoms with Gasteiger partial charge in [0.2, 0.25) is 5.91 Å². The summed E-state index contributed by atoms with van der Waals surface area (Å²) in [7, 11) is 0. The Balaban J connectivity index is 1.43. The molecule has 3 atom stereocenters. The van der Waals surface area contributed by atoms with Crippen molar-refractivity contribution in [2.45, 2.75) is 45.6 Å². The van der Waals surface area contributed by atoms with Crippen molar-refractivity contribution in [2.75, 3.05) is 5.32 Å². The summed E-state index contributed by atoms with van der Waals surface area (Å²) in [5.41, 5.74) is 0.685. The van der Waals surface area contributed by atoms with Crippen molar-refractivity contribution in [3.05, 3.63) is 11.1 Å². The van der Waals surface area contributed by atoms with Crippen molar-refractivity contribution in [3.8, 4) is 0 Å². The molecule has 2 aliphatic carbocycles. The Kier molecular flexibility index (Phi) is 4.24. The third-order valence-electron chi connectivity index (χ3n) is 4.53. The van der Waals surface area contributed by atoms with Crippen LogP contribution < -0.4 is 5.32 Å². The molecule has 2 aliphatic rings. The van der Waals surface area contributed by atoms with Crippen LogP contribution >= 0.6 is 11.3 Å². The third kappa shape index (κ3) is 3.61. The number of carbonyl (C=O) groups is 2. The molecule has 1 aromatic rings. The van der Waals surface area contributed by atoms with Crippen LogP contribution in [0.15, 0.2) is 5.38 Å². The van der Waals surface area contributed by atoms with Gasteiger partial charge in [-0.2, -0.15) is 0 Å². The lowest BCUT2D eigenvalue weighted by Gasteiger charge is -2.20. The molecule has 0 aromatic carbocycles. The second-order valence-corrected chi connectivity index (χ2v) is 6.98. The molecule has 21 heavy (non-hydrogen) atoms. The Labute approximate surface area is 128 Å². The van der Waals surface area contributed by atoms with E-state index in [9.17, 15) is 9.59 Å². The van der Waals surface area contributed by atoms with Crippen molar-refractivity contribution in [3.63, 3.8) is 0 Å². The first-order chi connectivity index (χ1) is 10.1. The van der Waals surface area contributed by atoms with E-state index in [1.54, 1.807) is 5.38 Å². The average molecular weight is 308 g/mol. The molecular weight excluding hydrogens is 288 g/mol. The first-order valence-electron chi connectivity index (χ1n) is 7.47. The zero-order valence-electron chi connectivity index (χ0n) is 12.1. The molecule has 1 amide bonds. The van der Waals surface area contributed by atoms with Gasteiger partial charge in [-0.25, -0.2) is 4.98 Å². The zero-order valence-corrected chi connectivity index (χ0v) is 12.9. The number of nitrogens with one attached hydrogen (secondary N) is 1. The van der Waals surface area contributed by atoms with Gasteiger partial charge in [0.25, 0.3) is 0 Å². The molecule has 114 valence electrons. The van der Waals surface area contributed by atoms with Crippen LogP contribution in [0.4, 0.5) is 5.13 Å². The normalized spacial score (nSPS) is 26.8. The van der Waals surface area contributed by atoms with Gasteiger partial charge in [-0.05, 0) is 37.0 Å². The van der Waals surface area contributed by atoms with E-state index in [0.29, 0.717) is 23.2 Å². The lowest BCUT2D eigenvalue weighted by atomic mass is 9.86. The molecule has 0 spiro atoms. The van der Waals surface area contributed by atoms with E-state index in [0.717, 1.165) is 11.8 Å². The van der Waals surface area contributed by atoms with E-state index in [-0.39, 0.29) is 18.5 Å². The Morgan fingerprint density at radius 2 is 2.29 bits per heavy atom. The van der Waals surface area contributed by atoms with E-state index >= 15 is 0 Å². The molecule has 2 saturated carbocycles. The number of hydrogen-bond acceptors (Lipinski definition) is 5. The molecule has 0 aliphatic heterocycles. The Bertz CT molecular complexity index is 543. The highest BCUT2D eigenvalue weighted by Gasteiger charge is 2.40. The van der Waals surface area contributed by atoms with Gasteiger partial charge >= 0.3 is 5.97 Å². The first-order valence-corrected chi connectivity index (χ1v) is 8.35. The summed E-state index contributed by atoms with van der Waals surface area (Å²) >= 11 is 1.34. The van der Waals surface area contributed by atoms with Crippen molar-refractivity contribution in [2.24, 2.45) is 17.8 Å². The van der Waals surface area contributed by atoms with Gasteiger partial charge in [0.1, 0.15) is 6.61 Å². The van der Waals surface area contributed by atoms with Crippen LogP contribution in [0.2, 0.25) is 0 Å². The summed E-state index contributed by atoms with van der Waals surface area (Å²) in [6.45, 7) is 1.63. The molecule has 5 nitrogen and oxygen atoms in total. The molecule has 2 fully saturated rings. The molecule has 6 heteroatoms. The lowest BCUT2D eigenvalue weighted by Crippen LogP contribution is -2.17. The summed E-state index contributed by atoms with van der Waals surface area (Å²) in [4.78, 5) is 27.0. The van der Waals surface area contributed by atoms with Crippen LogP contribution in [0, 0.1) is 17.8 Å². The number of nitrogens with zero attached hydrogens (tertiary/aromatic N) is 1. The van der Waals surface area contributed by atoms with Crippen LogP contribution in [-0.4, -0.2) is 16.9 Å².